The van der Waals surface area contributed by atoms with Gasteiger partial charge in [0, 0.05) is 33.3 Å². The molecule has 3 rings (SSSR count). The molecule has 1 unspecified atom stereocenters. The van der Waals surface area contributed by atoms with Crippen LogP contribution in [-0.4, -0.2) is 62.2 Å². The Labute approximate surface area is 168 Å². The maximum atomic E-state index is 12.0. The van der Waals surface area contributed by atoms with Gasteiger partial charge in [0.2, 0.25) is 5.91 Å². The third-order valence-corrected chi connectivity index (χ3v) is 5.77. The molecule has 0 bridgehead atoms. The summed E-state index contributed by atoms with van der Waals surface area (Å²) in [5.74, 6) is 0.731. The molecule has 1 heterocycles. The predicted molar refractivity (Wildman–Crippen MR) is 112 cm³/mol. The molecule has 6 nitrogen and oxygen atoms in total. The minimum absolute atomic E-state index is 0.00315. The van der Waals surface area contributed by atoms with E-state index in [1.807, 2.05) is 6.07 Å². The van der Waals surface area contributed by atoms with Crippen LogP contribution in [0.15, 0.2) is 35.3 Å². The van der Waals surface area contributed by atoms with Crippen LogP contribution in [0.25, 0.3) is 0 Å². The van der Waals surface area contributed by atoms with Gasteiger partial charge in [-0.15, -0.1) is 0 Å². The molecule has 2 fully saturated rings. The fraction of sp³-hybridized carbons (Fsp3) is 0.636. The molecule has 1 amide bonds. The fourth-order valence-corrected chi connectivity index (χ4v) is 4.12. The molecule has 0 radical (unpaired) electrons. The van der Waals surface area contributed by atoms with Gasteiger partial charge < -0.3 is 20.3 Å². The monoisotopic (exact) mass is 386 g/mol. The molecule has 1 spiro atoms. The first-order valence-corrected chi connectivity index (χ1v) is 10.5. The quantitative estimate of drug-likeness (QED) is 0.582. The van der Waals surface area contributed by atoms with E-state index in [2.05, 4.69) is 39.9 Å². The lowest BCUT2D eigenvalue weighted by Gasteiger charge is -2.39. The van der Waals surface area contributed by atoms with Crippen LogP contribution >= 0.6 is 0 Å². The molecular formula is C22H34N4O2. The standard InChI is InChI=1S/C22H34N4O2/c1-26(2)20(27)17-24-21(23-14-10-18-8-4-3-5-9-18)25-19-11-15-28-22(16-19)12-6-7-13-22/h3-5,8-9,19H,6-7,10-17H2,1-2H3,(H2,23,24,25). The Bertz CT molecular complexity index is 654. The Morgan fingerprint density at radius 2 is 2.00 bits per heavy atom. The lowest BCUT2D eigenvalue weighted by Crippen LogP contribution is -2.51. The Hall–Kier alpha value is -2.08. The predicted octanol–water partition coefficient (Wildman–Crippen LogP) is 2.34. The van der Waals surface area contributed by atoms with Crippen LogP contribution in [0.4, 0.5) is 0 Å². The zero-order valence-corrected chi connectivity index (χ0v) is 17.2. The average molecular weight is 387 g/mol. The lowest BCUT2D eigenvalue weighted by atomic mass is 9.89. The third kappa shape index (κ3) is 5.96. The highest BCUT2D eigenvalue weighted by Crippen LogP contribution is 2.39. The van der Waals surface area contributed by atoms with Crippen molar-refractivity contribution >= 4 is 11.9 Å². The second-order valence-corrected chi connectivity index (χ2v) is 8.19. The molecule has 2 aliphatic rings. The second kappa shape index (κ2) is 9.92. The van der Waals surface area contributed by atoms with Crippen LogP contribution in [-0.2, 0) is 16.0 Å². The summed E-state index contributed by atoms with van der Waals surface area (Å²) in [4.78, 5) is 18.1. The smallest absolute Gasteiger partial charge is 0.243 e. The number of benzene rings is 1. The second-order valence-electron chi connectivity index (χ2n) is 8.19. The first-order valence-electron chi connectivity index (χ1n) is 10.5. The highest BCUT2D eigenvalue weighted by molar-refractivity contribution is 5.84. The molecule has 1 aromatic rings. The van der Waals surface area contributed by atoms with Crippen molar-refractivity contribution in [3.63, 3.8) is 0 Å². The van der Waals surface area contributed by atoms with E-state index in [9.17, 15) is 4.79 Å². The van der Waals surface area contributed by atoms with Gasteiger partial charge in [-0.05, 0) is 37.7 Å². The van der Waals surface area contributed by atoms with E-state index in [1.165, 1.54) is 18.4 Å². The number of likely N-dealkylation sites (N-methyl/N-ethyl adjacent to an activating group) is 1. The number of carbonyl (C=O) groups is 1. The lowest BCUT2D eigenvalue weighted by molar-refractivity contribution is -0.127. The minimum atomic E-state index is 0.00315. The number of nitrogens with zero attached hydrogens (tertiary/aromatic N) is 2. The molecule has 0 aromatic heterocycles. The summed E-state index contributed by atoms with van der Waals surface area (Å²) in [6.45, 7) is 1.73. The maximum absolute atomic E-state index is 12.0. The number of hydrogen-bond donors (Lipinski definition) is 2. The molecule has 6 heteroatoms. The zero-order chi connectivity index (χ0) is 19.8. The van der Waals surface area contributed by atoms with E-state index < -0.39 is 0 Å². The molecule has 1 aromatic carbocycles. The van der Waals surface area contributed by atoms with E-state index in [4.69, 9.17) is 4.74 Å². The molecule has 1 aliphatic carbocycles. The van der Waals surface area contributed by atoms with Gasteiger partial charge in [-0.2, -0.15) is 0 Å². The number of nitrogens with one attached hydrogen (secondary N) is 2. The average Bonchev–Trinajstić information content (AvgIpc) is 3.13. The number of carbonyl (C=O) groups excluding carboxylic acids is 1. The van der Waals surface area contributed by atoms with Crippen molar-refractivity contribution < 1.29 is 9.53 Å². The molecule has 2 N–H and O–H groups in total. The van der Waals surface area contributed by atoms with E-state index in [-0.39, 0.29) is 18.1 Å². The number of ether oxygens (including phenoxy) is 1. The van der Waals surface area contributed by atoms with Crippen molar-refractivity contribution in [2.45, 2.75) is 56.6 Å². The van der Waals surface area contributed by atoms with Gasteiger partial charge >= 0.3 is 0 Å². The van der Waals surface area contributed by atoms with Crippen molar-refractivity contribution in [2.24, 2.45) is 4.99 Å². The summed E-state index contributed by atoms with van der Waals surface area (Å²) < 4.78 is 6.15. The first kappa shape index (κ1) is 20.6. The van der Waals surface area contributed by atoms with Crippen LogP contribution in [0.1, 0.15) is 44.1 Å². The van der Waals surface area contributed by atoms with Gasteiger partial charge in [0.05, 0.1) is 5.60 Å². The molecule has 28 heavy (non-hydrogen) atoms. The van der Waals surface area contributed by atoms with Crippen LogP contribution in [0.5, 0.6) is 0 Å². The van der Waals surface area contributed by atoms with Gasteiger partial charge in [0.25, 0.3) is 0 Å². The van der Waals surface area contributed by atoms with Crippen LogP contribution < -0.4 is 10.6 Å². The summed E-state index contributed by atoms with van der Waals surface area (Å²) in [5.41, 5.74) is 1.35. The van der Waals surface area contributed by atoms with E-state index in [0.29, 0.717) is 6.04 Å². The first-order chi connectivity index (χ1) is 13.6. The van der Waals surface area contributed by atoms with Crippen molar-refractivity contribution in [3.05, 3.63) is 35.9 Å². The molecule has 1 aliphatic heterocycles. The summed E-state index contributed by atoms with van der Waals surface area (Å²) in [6.07, 6.45) is 7.77. The largest absolute Gasteiger partial charge is 0.375 e. The summed E-state index contributed by atoms with van der Waals surface area (Å²) in [7, 11) is 3.52. The summed E-state index contributed by atoms with van der Waals surface area (Å²) >= 11 is 0. The zero-order valence-electron chi connectivity index (χ0n) is 17.2. The molecule has 1 saturated heterocycles. The molecular weight excluding hydrogens is 352 g/mol. The van der Waals surface area contributed by atoms with Crippen molar-refractivity contribution in [2.75, 3.05) is 33.8 Å². The Morgan fingerprint density at radius 1 is 1.25 bits per heavy atom. The number of rotatable bonds is 6. The molecule has 1 saturated carbocycles. The highest BCUT2D eigenvalue weighted by Gasteiger charge is 2.40. The van der Waals surface area contributed by atoms with Crippen LogP contribution in [0.2, 0.25) is 0 Å². The van der Waals surface area contributed by atoms with Crippen LogP contribution in [0, 0.1) is 0 Å². The number of hydrogen-bond acceptors (Lipinski definition) is 3. The molecule has 154 valence electrons. The van der Waals surface area contributed by atoms with E-state index in [0.717, 1.165) is 51.2 Å². The Balaban J connectivity index is 1.58. The Kier molecular flexibility index (Phi) is 7.31. The van der Waals surface area contributed by atoms with E-state index >= 15 is 0 Å². The van der Waals surface area contributed by atoms with Crippen LogP contribution in [0.3, 0.4) is 0 Å². The van der Waals surface area contributed by atoms with E-state index in [1.54, 1.807) is 19.0 Å². The third-order valence-electron chi connectivity index (χ3n) is 5.77. The summed E-state index contributed by atoms with van der Waals surface area (Å²) in [6, 6.07) is 10.7. The molecule has 1 atom stereocenters. The van der Waals surface area contributed by atoms with Crippen molar-refractivity contribution in [1.29, 1.82) is 0 Å². The van der Waals surface area contributed by atoms with Gasteiger partial charge in [-0.25, -0.2) is 4.99 Å². The number of guanidine groups is 1. The maximum Gasteiger partial charge on any atom is 0.243 e. The SMILES string of the molecule is CN(C)C(=O)CN=C(NCCc1ccccc1)NC1CCOC2(CCCC2)C1. The fourth-order valence-electron chi connectivity index (χ4n) is 4.12. The van der Waals surface area contributed by atoms with Gasteiger partial charge in [-0.1, -0.05) is 43.2 Å². The van der Waals surface area contributed by atoms with Gasteiger partial charge in [0.15, 0.2) is 5.96 Å². The van der Waals surface area contributed by atoms with Gasteiger partial charge in [-0.3, -0.25) is 4.79 Å². The minimum Gasteiger partial charge on any atom is -0.375 e. The normalized spacial score (nSPS) is 21.5. The van der Waals surface area contributed by atoms with Crippen molar-refractivity contribution in [3.8, 4) is 0 Å². The summed E-state index contributed by atoms with van der Waals surface area (Å²) in [5, 5.41) is 6.99. The highest BCUT2D eigenvalue weighted by atomic mass is 16.5. The van der Waals surface area contributed by atoms with Gasteiger partial charge in [0.1, 0.15) is 6.54 Å². The topological polar surface area (TPSA) is 66.0 Å². The Morgan fingerprint density at radius 3 is 2.71 bits per heavy atom. The number of amides is 1. The van der Waals surface area contributed by atoms with Crippen molar-refractivity contribution in [1.82, 2.24) is 15.5 Å². The number of aliphatic imine (C=N–C) groups is 1.